The Hall–Kier alpha value is -2.71. The Kier molecular flexibility index (Phi) is 5.62. The fourth-order valence-electron chi connectivity index (χ4n) is 3.99. The van der Waals surface area contributed by atoms with Gasteiger partial charge in [0.25, 0.3) is 0 Å². The first-order chi connectivity index (χ1) is 14.4. The zero-order valence-corrected chi connectivity index (χ0v) is 17.7. The van der Waals surface area contributed by atoms with Crippen LogP contribution in [0.15, 0.2) is 47.4 Å². The smallest absolute Gasteiger partial charge is 0.244 e. The van der Waals surface area contributed by atoms with Crippen LogP contribution in [0, 0.1) is 6.92 Å². The summed E-state index contributed by atoms with van der Waals surface area (Å²) in [6.07, 6.45) is 2.47. The number of benzene rings is 2. The number of sulfonamides is 1. The quantitative estimate of drug-likeness (QED) is 0.795. The van der Waals surface area contributed by atoms with Gasteiger partial charge in [-0.05, 0) is 61.6 Å². The second-order valence-corrected chi connectivity index (χ2v) is 9.68. The molecule has 158 valence electrons. The Morgan fingerprint density at radius 1 is 1.07 bits per heavy atom. The maximum absolute atomic E-state index is 12.9. The standard InChI is InChI=1S/C22H25N3O4S/c1-16-6-2-3-7-19(16)23-21(26)15-25-20-10-9-18(14-17(20)8-11-22(25)27)30(28,29)24-12-4-5-13-24/h2-3,6-7,9-10,14H,4-5,8,11-13,15H2,1H3,(H,23,26). The van der Waals surface area contributed by atoms with Crippen molar-refractivity contribution in [3.8, 4) is 0 Å². The lowest BCUT2D eigenvalue weighted by molar-refractivity contribution is -0.121. The number of carbonyl (C=O) groups is 2. The molecule has 8 heteroatoms. The average Bonchev–Trinajstić information content (AvgIpc) is 3.27. The summed E-state index contributed by atoms with van der Waals surface area (Å²) < 4.78 is 27.2. The van der Waals surface area contributed by atoms with Gasteiger partial charge >= 0.3 is 0 Å². The second kappa shape index (κ2) is 8.20. The molecule has 0 radical (unpaired) electrons. The van der Waals surface area contributed by atoms with Gasteiger partial charge in [0, 0.05) is 30.9 Å². The van der Waals surface area contributed by atoms with Gasteiger partial charge in [0.15, 0.2) is 0 Å². The molecule has 2 aromatic rings. The maximum atomic E-state index is 12.9. The van der Waals surface area contributed by atoms with Gasteiger partial charge in [0.2, 0.25) is 21.8 Å². The fraction of sp³-hybridized carbons (Fsp3) is 0.364. The maximum Gasteiger partial charge on any atom is 0.244 e. The lowest BCUT2D eigenvalue weighted by Gasteiger charge is -2.29. The number of hydrogen-bond acceptors (Lipinski definition) is 4. The summed E-state index contributed by atoms with van der Waals surface area (Å²) in [6, 6.07) is 12.3. The van der Waals surface area contributed by atoms with Crippen LogP contribution in [0.3, 0.4) is 0 Å². The molecular formula is C22H25N3O4S. The van der Waals surface area contributed by atoms with Crippen LogP contribution in [0.5, 0.6) is 0 Å². The Labute approximate surface area is 176 Å². The Balaban J connectivity index is 1.56. The SMILES string of the molecule is Cc1ccccc1NC(=O)CN1C(=O)CCc2cc(S(=O)(=O)N3CCCC3)ccc21. The molecule has 2 amide bonds. The van der Waals surface area contributed by atoms with Gasteiger partial charge in [-0.3, -0.25) is 9.59 Å². The van der Waals surface area contributed by atoms with Gasteiger partial charge in [-0.1, -0.05) is 18.2 Å². The van der Waals surface area contributed by atoms with Crippen molar-refractivity contribution in [2.75, 3.05) is 29.9 Å². The van der Waals surface area contributed by atoms with Crippen LogP contribution < -0.4 is 10.2 Å². The Morgan fingerprint density at radius 2 is 1.80 bits per heavy atom. The molecular weight excluding hydrogens is 402 g/mol. The monoisotopic (exact) mass is 427 g/mol. The van der Waals surface area contributed by atoms with Crippen molar-refractivity contribution >= 4 is 33.2 Å². The number of para-hydroxylation sites is 1. The first kappa shape index (κ1) is 20.6. The van der Waals surface area contributed by atoms with E-state index >= 15 is 0 Å². The largest absolute Gasteiger partial charge is 0.324 e. The zero-order valence-electron chi connectivity index (χ0n) is 16.9. The lowest BCUT2D eigenvalue weighted by atomic mass is 10.0. The topological polar surface area (TPSA) is 86.8 Å². The number of nitrogens with zero attached hydrogens (tertiary/aromatic N) is 2. The van der Waals surface area contributed by atoms with Gasteiger partial charge in [-0.15, -0.1) is 0 Å². The van der Waals surface area contributed by atoms with Crippen molar-refractivity contribution < 1.29 is 18.0 Å². The number of rotatable bonds is 5. The van der Waals surface area contributed by atoms with Crippen LogP contribution >= 0.6 is 0 Å². The highest BCUT2D eigenvalue weighted by molar-refractivity contribution is 7.89. The molecule has 0 aromatic heterocycles. The van der Waals surface area contributed by atoms with Gasteiger partial charge in [0.1, 0.15) is 6.54 Å². The molecule has 0 atom stereocenters. The van der Waals surface area contributed by atoms with E-state index in [1.165, 1.54) is 15.3 Å². The first-order valence-corrected chi connectivity index (χ1v) is 11.6. The number of hydrogen-bond donors (Lipinski definition) is 1. The van der Waals surface area contributed by atoms with E-state index in [0.717, 1.165) is 24.0 Å². The molecule has 0 unspecified atom stereocenters. The number of aryl methyl sites for hydroxylation is 2. The molecule has 2 aliphatic rings. The van der Waals surface area contributed by atoms with Crippen LogP contribution in [0.4, 0.5) is 11.4 Å². The highest BCUT2D eigenvalue weighted by Crippen LogP contribution is 2.31. The highest BCUT2D eigenvalue weighted by Gasteiger charge is 2.31. The van der Waals surface area contributed by atoms with E-state index in [0.29, 0.717) is 30.9 Å². The summed E-state index contributed by atoms with van der Waals surface area (Å²) in [6.45, 7) is 2.88. The van der Waals surface area contributed by atoms with E-state index in [2.05, 4.69) is 5.32 Å². The molecule has 0 aliphatic carbocycles. The number of fused-ring (bicyclic) bond motifs is 1. The molecule has 2 heterocycles. The molecule has 4 rings (SSSR count). The number of carbonyl (C=O) groups excluding carboxylic acids is 2. The third kappa shape index (κ3) is 3.97. The number of anilines is 2. The molecule has 7 nitrogen and oxygen atoms in total. The predicted molar refractivity (Wildman–Crippen MR) is 115 cm³/mol. The number of amides is 2. The van der Waals surface area contributed by atoms with Crippen LogP contribution in [0.1, 0.15) is 30.4 Å². The molecule has 2 aliphatic heterocycles. The average molecular weight is 428 g/mol. The molecule has 0 spiro atoms. The van der Waals surface area contributed by atoms with Gasteiger partial charge in [0.05, 0.1) is 4.90 Å². The van der Waals surface area contributed by atoms with Crippen molar-refractivity contribution in [1.82, 2.24) is 4.31 Å². The van der Waals surface area contributed by atoms with Crippen molar-refractivity contribution in [2.24, 2.45) is 0 Å². The second-order valence-electron chi connectivity index (χ2n) is 7.74. The minimum Gasteiger partial charge on any atom is -0.324 e. The first-order valence-electron chi connectivity index (χ1n) is 10.2. The molecule has 1 fully saturated rings. The molecule has 0 saturated carbocycles. The van der Waals surface area contributed by atoms with E-state index in [9.17, 15) is 18.0 Å². The Morgan fingerprint density at radius 3 is 2.53 bits per heavy atom. The van der Waals surface area contributed by atoms with E-state index in [4.69, 9.17) is 0 Å². The summed E-state index contributed by atoms with van der Waals surface area (Å²) >= 11 is 0. The van der Waals surface area contributed by atoms with E-state index in [-0.39, 0.29) is 29.7 Å². The van der Waals surface area contributed by atoms with Crippen molar-refractivity contribution in [3.63, 3.8) is 0 Å². The summed E-state index contributed by atoms with van der Waals surface area (Å²) in [5, 5.41) is 2.85. The number of nitrogens with one attached hydrogen (secondary N) is 1. The predicted octanol–water partition coefficient (Wildman–Crippen LogP) is 2.70. The molecule has 1 N–H and O–H groups in total. The summed E-state index contributed by atoms with van der Waals surface area (Å²) in [5.74, 6) is -0.433. The van der Waals surface area contributed by atoms with E-state index in [1.807, 2.05) is 31.2 Å². The Bertz CT molecular complexity index is 1090. The normalized spacial score (nSPS) is 17.1. The van der Waals surface area contributed by atoms with E-state index < -0.39 is 10.0 Å². The summed E-state index contributed by atoms with van der Waals surface area (Å²) in [7, 11) is -3.52. The van der Waals surface area contributed by atoms with Crippen LogP contribution in [0.2, 0.25) is 0 Å². The molecule has 30 heavy (non-hydrogen) atoms. The highest BCUT2D eigenvalue weighted by atomic mass is 32.2. The fourth-order valence-corrected chi connectivity index (χ4v) is 5.56. The molecule has 2 aromatic carbocycles. The van der Waals surface area contributed by atoms with Crippen molar-refractivity contribution in [2.45, 2.75) is 37.5 Å². The third-order valence-corrected chi connectivity index (χ3v) is 7.57. The van der Waals surface area contributed by atoms with Crippen LogP contribution in [0.25, 0.3) is 0 Å². The van der Waals surface area contributed by atoms with E-state index in [1.54, 1.807) is 12.1 Å². The van der Waals surface area contributed by atoms with Crippen LogP contribution in [-0.4, -0.2) is 44.2 Å². The lowest BCUT2D eigenvalue weighted by Crippen LogP contribution is -2.41. The minimum atomic E-state index is -3.52. The minimum absolute atomic E-state index is 0.113. The van der Waals surface area contributed by atoms with Gasteiger partial charge in [-0.25, -0.2) is 8.42 Å². The van der Waals surface area contributed by atoms with Gasteiger partial charge in [-0.2, -0.15) is 4.31 Å². The van der Waals surface area contributed by atoms with Gasteiger partial charge < -0.3 is 10.2 Å². The zero-order chi connectivity index (χ0) is 21.3. The third-order valence-electron chi connectivity index (χ3n) is 5.67. The summed E-state index contributed by atoms with van der Waals surface area (Å²) in [4.78, 5) is 26.8. The molecule has 1 saturated heterocycles. The van der Waals surface area contributed by atoms with Crippen molar-refractivity contribution in [1.29, 1.82) is 0 Å². The van der Waals surface area contributed by atoms with Crippen LogP contribution in [-0.2, 0) is 26.0 Å². The van der Waals surface area contributed by atoms with Crippen molar-refractivity contribution in [3.05, 3.63) is 53.6 Å². The molecule has 0 bridgehead atoms. The summed E-state index contributed by atoms with van der Waals surface area (Å²) in [5.41, 5.74) is 3.03.